The van der Waals surface area contributed by atoms with Gasteiger partial charge in [0.25, 0.3) is 0 Å². The molecule has 2 aromatic rings. The van der Waals surface area contributed by atoms with Crippen molar-refractivity contribution in [2.75, 3.05) is 18.7 Å². The number of ether oxygens (including phenoxy) is 2. The molecule has 120 valence electrons. The van der Waals surface area contributed by atoms with Gasteiger partial charge in [-0.1, -0.05) is 0 Å². The Morgan fingerprint density at radius 3 is 2.95 bits per heavy atom. The first-order chi connectivity index (χ1) is 10.4. The number of nitrogen functional groups attached to an aromatic ring is 1. The smallest absolute Gasteiger partial charge is 0.350 e. The second-order valence-electron chi connectivity index (χ2n) is 4.80. The summed E-state index contributed by atoms with van der Waals surface area (Å²) in [5, 5.41) is 10.2. The first-order valence-corrected chi connectivity index (χ1v) is 8.05. The maximum Gasteiger partial charge on any atom is 0.350 e. The van der Waals surface area contributed by atoms with Gasteiger partial charge >= 0.3 is 7.60 Å². The van der Waals surface area contributed by atoms with Crippen molar-refractivity contribution in [1.29, 1.82) is 0 Å². The fourth-order valence-electron chi connectivity index (χ4n) is 2.21. The summed E-state index contributed by atoms with van der Waals surface area (Å²) in [4.78, 5) is 29.5. The first kappa shape index (κ1) is 15.3. The molecule has 0 saturated carbocycles. The van der Waals surface area contributed by atoms with Crippen molar-refractivity contribution >= 4 is 24.6 Å². The average Bonchev–Trinajstić information content (AvgIpc) is 3.00. The SMILES string of the molecule is Nc1ncnc2c1ncn2[C@@H]1OC[C@H](OCP(=O)(O)O)[C@H]1O. The van der Waals surface area contributed by atoms with Crippen LogP contribution in [0.1, 0.15) is 6.23 Å². The lowest BCUT2D eigenvalue weighted by molar-refractivity contribution is -0.0281. The zero-order valence-corrected chi connectivity index (χ0v) is 12.1. The highest BCUT2D eigenvalue weighted by Gasteiger charge is 2.39. The first-order valence-electron chi connectivity index (χ1n) is 6.25. The Kier molecular flexibility index (Phi) is 3.85. The van der Waals surface area contributed by atoms with Gasteiger partial charge in [0.05, 0.1) is 12.9 Å². The molecule has 3 atom stereocenters. The Morgan fingerprint density at radius 2 is 2.23 bits per heavy atom. The lowest BCUT2D eigenvalue weighted by atomic mass is 10.2. The van der Waals surface area contributed by atoms with E-state index in [-0.39, 0.29) is 12.4 Å². The molecule has 0 bridgehead atoms. The molecule has 0 amide bonds. The number of hydrogen-bond acceptors (Lipinski definition) is 8. The minimum Gasteiger partial charge on any atom is -0.386 e. The molecule has 11 nitrogen and oxygen atoms in total. The Labute approximate surface area is 123 Å². The van der Waals surface area contributed by atoms with Crippen LogP contribution in [-0.4, -0.2) is 59.6 Å². The van der Waals surface area contributed by atoms with Gasteiger partial charge in [0.1, 0.15) is 30.4 Å². The van der Waals surface area contributed by atoms with E-state index in [0.29, 0.717) is 11.2 Å². The zero-order valence-electron chi connectivity index (χ0n) is 11.2. The van der Waals surface area contributed by atoms with Crippen LogP contribution < -0.4 is 5.73 Å². The summed E-state index contributed by atoms with van der Waals surface area (Å²) >= 11 is 0. The van der Waals surface area contributed by atoms with Gasteiger partial charge < -0.3 is 30.1 Å². The molecule has 1 aliphatic rings. The third-order valence-electron chi connectivity index (χ3n) is 3.22. The summed E-state index contributed by atoms with van der Waals surface area (Å²) < 4.78 is 22.7. The van der Waals surface area contributed by atoms with Crippen LogP contribution in [0.2, 0.25) is 0 Å². The van der Waals surface area contributed by atoms with Crippen LogP contribution in [0.5, 0.6) is 0 Å². The fourth-order valence-corrected chi connectivity index (χ4v) is 2.60. The predicted molar refractivity (Wildman–Crippen MR) is 72.5 cm³/mol. The van der Waals surface area contributed by atoms with E-state index in [1.807, 2.05) is 0 Å². The van der Waals surface area contributed by atoms with Crippen LogP contribution in [0.3, 0.4) is 0 Å². The second kappa shape index (κ2) is 5.54. The summed E-state index contributed by atoms with van der Waals surface area (Å²) in [5.41, 5.74) is 6.44. The van der Waals surface area contributed by atoms with Crippen LogP contribution >= 0.6 is 7.60 Å². The van der Waals surface area contributed by atoms with E-state index in [1.54, 1.807) is 0 Å². The quantitative estimate of drug-likeness (QED) is 0.501. The molecule has 3 rings (SSSR count). The van der Waals surface area contributed by atoms with Crippen LogP contribution in [0.25, 0.3) is 11.2 Å². The Balaban J connectivity index is 1.81. The van der Waals surface area contributed by atoms with Crippen molar-refractivity contribution < 1.29 is 28.9 Å². The van der Waals surface area contributed by atoms with Gasteiger partial charge in [0, 0.05) is 0 Å². The van der Waals surface area contributed by atoms with Crippen molar-refractivity contribution in [3.05, 3.63) is 12.7 Å². The summed E-state index contributed by atoms with van der Waals surface area (Å²) in [6.07, 6.45) is -0.978. The van der Waals surface area contributed by atoms with E-state index in [1.165, 1.54) is 17.2 Å². The van der Waals surface area contributed by atoms with E-state index >= 15 is 0 Å². The largest absolute Gasteiger partial charge is 0.386 e. The van der Waals surface area contributed by atoms with E-state index in [0.717, 1.165) is 0 Å². The highest BCUT2D eigenvalue weighted by Crippen LogP contribution is 2.36. The summed E-state index contributed by atoms with van der Waals surface area (Å²) in [7, 11) is -4.32. The van der Waals surface area contributed by atoms with Crippen LogP contribution in [0.15, 0.2) is 12.7 Å². The normalized spacial score (nSPS) is 25.9. The molecule has 1 fully saturated rings. The molecule has 0 aliphatic carbocycles. The molecule has 1 saturated heterocycles. The van der Waals surface area contributed by atoms with Gasteiger partial charge in [-0.15, -0.1) is 0 Å². The van der Waals surface area contributed by atoms with Crippen molar-refractivity contribution in [2.45, 2.75) is 18.4 Å². The number of nitrogens with zero attached hydrogens (tertiary/aromatic N) is 4. The van der Waals surface area contributed by atoms with Crippen LogP contribution in [0.4, 0.5) is 5.82 Å². The number of aliphatic hydroxyl groups is 1. The van der Waals surface area contributed by atoms with Gasteiger partial charge in [-0.05, 0) is 0 Å². The molecule has 22 heavy (non-hydrogen) atoms. The number of hydrogen-bond donors (Lipinski definition) is 4. The zero-order chi connectivity index (χ0) is 15.9. The summed E-state index contributed by atoms with van der Waals surface area (Å²) in [5.74, 6) is 0.200. The molecule has 0 radical (unpaired) electrons. The van der Waals surface area contributed by atoms with Crippen molar-refractivity contribution in [3.63, 3.8) is 0 Å². The maximum absolute atomic E-state index is 10.8. The number of fused-ring (bicyclic) bond motifs is 1. The number of anilines is 1. The number of aromatic nitrogens is 4. The maximum atomic E-state index is 10.8. The molecular weight excluding hydrogens is 317 g/mol. The van der Waals surface area contributed by atoms with Crippen molar-refractivity contribution in [2.24, 2.45) is 0 Å². The topological polar surface area (TPSA) is 166 Å². The van der Waals surface area contributed by atoms with Crippen molar-refractivity contribution in [3.8, 4) is 0 Å². The minimum atomic E-state index is -4.32. The molecule has 3 heterocycles. The highest BCUT2D eigenvalue weighted by molar-refractivity contribution is 7.51. The third-order valence-corrected chi connectivity index (χ3v) is 3.71. The molecule has 1 aliphatic heterocycles. The van der Waals surface area contributed by atoms with E-state index in [9.17, 15) is 9.67 Å². The average molecular weight is 331 g/mol. The molecular formula is C10H14N5O6P. The second-order valence-corrected chi connectivity index (χ2v) is 6.38. The van der Waals surface area contributed by atoms with Gasteiger partial charge in [0.2, 0.25) is 0 Å². The molecule has 2 aromatic heterocycles. The molecule has 12 heteroatoms. The third kappa shape index (κ3) is 2.82. The summed E-state index contributed by atoms with van der Waals surface area (Å²) in [6.45, 7) is -0.0218. The standard InChI is InChI=1S/C10H14N5O6P/c11-8-6-9(13-2-12-8)15(3-14-6)10-7(16)5(1-20-10)21-4-22(17,18)19/h2-3,5,7,10,16H,1,4H2,(H2,11,12,13)(H2,17,18,19)/t5-,7+,10+/m0/s1. The van der Waals surface area contributed by atoms with Crippen LogP contribution in [-0.2, 0) is 14.0 Å². The monoisotopic (exact) mass is 331 g/mol. The van der Waals surface area contributed by atoms with E-state index < -0.39 is 32.4 Å². The molecule has 0 aromatic carbocycles. The fraction of sp³-hybridized carbons (Fsp3) is 0.500. The number of imidazole rings is 1. The Bertz CT molecular complexity index is 732. The highest BCUT2D eigenvalue weighted by atomic mass is 31.2. The lowest BCUT2D eigenvalue weighted by Crippen LogP contribution is -2.31. The van der Waals surface area contributed by atoms with Gasteiger partial charge in [-0.3, -0.25) is 9.13 Å². The Hall–Kier alpha value is -1.62. The Morgan fingerprint density at radius 1 is 1.45 bits per heavy atom. The van der Waals surface area contributed by atoms with Gasteiger partial charge in [-0.2, -0.15) is 0 Å². The lowest BCUT2D eigenvalue weighted by Gasteiger charge is -2.19. The van der Waals surface area contributed by atoms with Gasteiger partial charge in [0.15, 0.2) is 17.7 Å². The van der Waals surface area contributed by atoms with Crippen molar-refractivity contribution in [1.82, 2.24) is 19.5 Å². The minimum absolute atomic E-state index is 0.0218. The predicted octanol–water partition coefficient (Wildman–Crippen LogP) is -1.18. The number of rotatable bonds is 4. The van der Waals surface area contributed by atoms with Crippen LogP contribution in [0, 0.1) is 0 Å². The van der Waals surface area contributed by atoms with Gasteiger partial charge in [-0.25, -0.2) is 15.0 Å². The van der Waals surface area contributed by atoms with E-state index in [2.05, 4.69) is 15.0 Å². The molecule has 0 spiro atoms. The van der Waals surface area contributed by atoms with E-state index in [4.69, 9.17) is 25.0 Å². The summed E-state index contributed by atoms with van der Waals surface area (Å²) in [6, 6.07) is 0. The number of aliphatic hydroxyl groups excluding tert-OH is 1. The number of nitrogens with two attached hydrogens (primary N) is 1. The molecule has 5 N–H and O–H groups in total. The molecule has 0 unspecified atom stereocenters.